The number of ether oxygens (including phenoxy) is 1. The lowest BCUT2D eigenvalue weighted by Crippen LogP contribution is -2.58. The molecule has 75 heavy (non-hydrogen) atoms. The predicted molar refractivity (Wildman–Crippen MR) is 268 cm³/mol. The fourth-order valence-corrected chi connectivity index (χ4v) is 16.6. The van der Waals surface area contributed by atoms with Gasteiger partial charge in [0.1, 0.15) is 36.3 Å². The van der Waals surface area contributed by atoms with Crippen LogP contribution in [0, 0.1) is 51.8 Å². The van der Waals surface area contributed by atoms with Crippen LogP contribution >= 0.6 is 35.2 Å². The van der Waals surface area contributed by atoms with Crippen molar-refractivity contribution in [3.05, 3.63) is 12.7 Å². The van der Waals surface area contributed by atoms with E-state index < -0.39 is 84.6 Å². The normalized spacial score (nSPS) is 34.3. The van der Waals surface area contributed by atoms with Gasteiger partial charge in [0, 0.05) is 37.1 Å². The highest BCUT2D eigenvalue weighted by molar-refractivity contribution is 8.13. The van der Waals surface area contributed by atoms with Gasteiger partial charge in [0.2, 0.25) is 11.8 Å². The lowest BCUT2D eigenvalue weighted by atomic mass is 9.43. The topological polar surface area (TPSA) is 404 Å². The average molecular weight is 1140 g/mol. The number of nitrogens with one attached hydrogen (secondary N) is 2. The number of anilines is 1. The van der Waals surface area contributed by atoms with E-state index in [2.05, 4.69) is 55.2 Å². The second-order valence-corrected chi connectivity index (χ2v) is 27.6. The number of fused-ring (bicyclic) bond motifs is 6. The molecule has 7 rings (SSSR count). The number of phosphoric ester groups is 3. The molecule has 2 aromatic heterocycles. The summed E-state index contributed by atoms with van der Waals surface area (Å²) in [5, 5.41) is 48.8. The molecule has 17 unspecified atom stereocenters. The quantitative estimate of drug-likeness (QED) is 0.0562. The van der Waals surface area contributed by atoms with Gasteiger partial charge in [-0.25, -0.2) is 28.6 Å². The minimum absolute atomic E-state index is 0.0288. The number of phosphoric acid groups is 3. The van der Waals surface area contributed by atoms with E-state index in [0.29, 0.717) is 41.8 Å². The van der Waals surface area contributed by atoms with Crippen molar-refractivity contribution < 1.29 is 90.7 Å². The van der Waals surface area contributed by atoms with E-state index in [0.717, 1.165) is 86.8 Å². The van der Waals surface area contributed by atoms with E-state index in [1.54, 1.807) is 0 Å². The highest BCUT2D eigenvalue weighted by Gasteiger charge is 2.63. The Hall–Kier alpha value is -2.52. The minimum atomic E-state index is -5.60. The zero-order valence-electron chi connectivity index (χ0n) is 42.7. The van der Waals surface area contributed by atoms with Crippen molar-refractivity contribution in [3.8, 4) is 0 Å². The van der Waals surface area contributed by atoms with Crippen LogP contribution in [0.2, 0.25) is 0 Å². The number of aromatic nitrogens is 4. The van der Waals surface area contributed by atoms with Crippen LogP contribution in [0.15, 0.2) is 12.7 Å². The van der Waals surface area contributed by atoms with Crippen LogP contribution in [-0.2, 0) is 50.7 Å². The Balaban J connectivity index is 0.778. The second kappa shape index (κ2) is 23.7. The van der Waals surface area contributed by atoms with Crippen molar-refractivity contribution in [3.63, 3.8) is 0 Å². The first kappa shape index (κ1) is 60.1. The third-order valence-electron chi connectivity index (χ3n) is 17.0. The summed E-state index contributed by atoms with van der Waals surface area (Å²) in [6.45, 7) is 7.58. The number of thioether (sulfide) groups is 1. The first-order valence-corrected chi connectivity index (χ1v) is 30.9. The molecule has 424 valence electrons. The zero-order chi connectivity index (χ0) is 55.1. The molecule has 30 heteroatoms. The van der Waals surface area contributed by atoms with Gasteiger partial charge in [0.05, 0.1) is 31.7 Å². The Bertz CT molecular complexity index is 2530. The summed E-state index contributed by atoms with van der Waals surface area (Å²) < 4.78 is 62.7. The SMILES string of the molecule is CC(CCC(=O)SCCNC(=O)CCNC(=O)C(O)C(C)(C)COP(=O)(O)OP(=O)(O)OCC1OC(n2cnc3c(N)ncnc32)C(O)C1OP(=O)(O)O)C1CCC2C3C(O)CC4CC(O)CCC4(C)C3CCC12C. The molecule has 5 fully saturated rings. The Labute approximate surface area is 438 Å². The molecule has 26 nitrogen and oxygen atoms in total. The van der Waals surface area contributed by atoms with Gasteiger partial charge in [-0.3, -0.25) is 32.5 Å². The van der Waals surface area contributed by atoms with Crippen molar-refractivity contribution in [1.29, 1.82) is 0 Å². The number of carbonyl (C=O) groups is 3. The van der Waals surface area contributed by atoms with Gasteiger partial charge in [-0.1, -0.05) is 46.4 Å². The van der Waals surface area contributed by atoms with E-state index >= 15 is 0 Å². The number of nitrogens with zero attached hydrogens (tertiary/aromatic N) is 4. The number of aliphatic hydroxyl groups excluding tert-OH is 4. The molecule has 4 saturated carbocycles. The molecular formula is C45H74N7O19P3S. The zero-order valence-corrected chi connectivity index (χ0v) is 46.2. The van der Waals surface area contributed by atoms with Crippen LogP contribution in [-0.4, -0.2) is 145 Å². The van der Waals surface area contributed by atoms with E-state index in [-0.39, 0.29) is 70.6 Å². The molecule has 2 amide bonds. The maximum atomic E-state index is 13.0. The highest BCUT2D eigenvalue weighted by atomic mass is 32.2. The summed E-state index contributed by atoms with van der Waals surface area (Å²) in [5.74, 6) is 1.28. The van der Waals surface area contributed by atoms with Gasteiger partial charge >= 0.3 is 23.5 Å². The Kier molecular flexibility index (Phi) is 19.0. The first-order chi connectivity index (χ1) is 34.9. The lowest BCUT2D eigenvalue weighted by molar-refractivity contribution is -0.174. The molecule has 4 aliphatic carbocycles. The minimum Gasteiger partial charge on any atom is -0.393 e. The van der Waals surface area contributed by atoms with E-state index in [1.165, 1.54) is 13.8 Å². The molecule has 0 aromatic carbocycles. The molecule has 1 aliphatic heterocycles. The number of carbonyl (C=O) groups excluding carboxylic acids is 3. The lowest BCUT2D eigenvalue weighted by Gasteiger charge is -2.62. The molecule has 0 spiro atoms. The van der Waals surface area contributed by atoms with Gasteiger partial charge < -0.3 is 61.1 Å². The number of amides is 2. The molecule has 17 atom stereocenters. The summed E-state index contributed by atoms with van der Waals surface area (Å²) >= 11 is 1.15. The van der Waals surface area contributed by atoms with Crippen molar-refractivity contribution in [2.45, 2.75) is 148 Å². The van der Waals surface area contributed by atoms with Crippen LogP contribution in [0.25, 0.3) is 11.2 Å². The van der Waals surface area contributed by atoms with E-state index in [1.807, 2.05) is 0 Å². The molecule has 1 saturated heterocycles. The van der Waals surface area contributed by atoms with Gasteiger partial charge in [-0.05, 0) is 104 Å². The molecule has 3 heterocycles. The second-order valence-electron chi connectivity index (χ2n) is 22.3. The number of nitrogen functional groups attached to an aromatic ring is 1. The van der Waals surface area contributed by atoms with E-state index in [9.17, 15) is 68.1 Å². The number of imidazole rings is 1. The fraction of sp³-hybridized carbons (Fsp3) is 0.822. The summed E-state index contributed by atoms with van der Waals surface area (Å²) in [5.41, 5.74) is 4.55. The summed E-state index contributed by atoms with van der Waals surface area (Å²) in [6, 6.07) is 0. The van der Waals surface area contributed by atoms with Crippen LogP contribution in [0.1, 0.15) is 111 Å². The molecule has 5 aliphatic rings. The third kappa shape index (κ3) is 13.9. The van der Waals surface area contributed by atoms with Gasteiger partial charge in [-0.15, -0.1) is 0 Å². The number of nitrogens with two attached hydrogens (primary N) is 1. The summed E-state index contributed by atoms with van der Waals surface area (Å²) in [6.07, 6.45) is 1.45. The largest absolute Gasteiger partial charge is 0.481 e. The summed E-state index contributed by atoms with van der Waals surface area (Å²) in [4.78, 5) is 89.7. The van der Waals surface area contributed by atoms with Gasteiger partial charge in [-0.2, -0.15) is 4.31 Å². The average Bonchev–Trinajstić information content (AvgIpc) is 4.01. The van der Waals surface area contributed by atoms with Crippen LogP contribution in [0.3, 0.4) is 0 Å². The van der Waals surface area contributed by atoms with Crippen molar-refractivity contribution in [2.75, 3.05) is 37.8 Å². The molecular weight excluding hydrogens is 1070 g/mol. The Morgan fingerprint density at radius 3 is 2.35 bits per heavy atom. The Morgan fingerprint density at radius 1 is 0.933 bits per heavy atom. The standard InChI is InChI=1S/C45H74N7O19P3S/c1-24(27-7-8-28-34-29(11-14-45(27,28)5)44(4)13-10-26(53)18-25(44)19-30(34)54)6-9-33(56)75-17-16-47-32(55)12-15-48-41(59)38(58)43(2,3)21-68-74(65,66)71-73(63,64)67-20-31-37(70-72(60,61)62)36(57)42(69-31)52-23-51-35-39(46)49-22-50-40(35)52/h22-31,34,36-38,42,53-54,57-58H,6-21H2,1-5H3,(H,47,55)(H,48,59)(H,63,64)(H,65,66)(H2,46,49,50)(H2,60,61,62). The third-order valence-corrected chi connectivity index (χ3v) is 21.0. The molecule has 0 bridgehead atoms. The monoisotopic (exact) mass is 1140 g/mol. The first-order valence-electron chi connectivity index (χ1n) is 25.4. The van der Waals surface area contributed by atoms with Gasteiger partial charge in [0.25, 0.3) is 0 Å². The Morgan fingerprint density at radius 2 is 1.63 bits per heavy atom. The van der Waals surface area contributed by atoms with Crippen LogP contribution < -0.4 is 16.4 Å². The van der Waals surface area contributed by atoms with Crippen molar-refractivity contribution >= 4 is 69.1 Å². The summed E-state index contributed by atoms with van der Waals surface area (Å²) in [7, 11) is -16.5. The number of hydrogen-bond donors (Lipinski definition) is 11. The van der Waals surface area contributed by atoms with Crippen LogP contribution in [0.4, 0.5) is 5.82 Å². The van der Waals surface area contributed by atoms with Crippen molar-refractivity contribution in [1.82, 2.24) is 30.2 Å². The van der Waals surface area contributed by atoms with Crippen molar-refractivity contribution in [2.24, 2.45) is 51.8 Å². The fourth-order valence-electron chi connectivity index (χ4n) is 13.1. The van der Waals surface area contributed by atoms with Gasteiger partial charge in [0.15, 0.2) is 22.8 Å². The molecule has 12 N–H and O–H groups in total. The number of aliphatic hydroxyl groups is 4. The highest BCUT2D eigenvalue weighted by Crippen LogP contribution is 2.68. The van der Waals surface area contributed by atoms with Crippen LogP contribution in [0.5, 0.6) is 0 Å². The number of rotatable bonds is 23. The molecule has 2 aromatic rings. The maximum absolute atomic E-state index is 13.0. The van der Waals surface area contributed by atoms with E-state index in [4.69, 9.17) is 19.5 Å². The molecule has 0 radical (unpaired) electrons. The predicted octanol–water partition coefficient (Wildman–Crippen LogP) is 3.07. The smallest absolute Gasteiger partial charge is 0.393 e. The number of hydrogen-bond acceptors (Lipinski definition) is 20. The maximum Gasteiger partial charge on any atom is 0.481 e.